The van der Waals surface area contributed by atoms with Crippen molar-refractivity contribution >= 4 is 40.6 Å². The molecule has 1 atom stereocenters. The topological polar surface area (TPSA) is 17.1 Å². The van der Waals surface area contributed by atoms with E-state index in [1.54, 1.807) is 0 Å². The molecule has 1 fully saturated rings. The first-order valence-electron chi connectivity index (χ1n) is 5.09. The minimum atomic E-state index is -0.132. The summed E-state index contributed by atoms with van der Waals surface area (Å²) in [6.45, 7) is 0. The molecule has 1 saturated heterocycles. The maximum absolute atomic E-state index is 11.2. The fourth-order valence-electron chi connectivity index (χ4n) is 1.94. The van der Waals surface area contributed by atoms with Crippen molar-refractivity contribution in [3.8, 4) is 0 Å². The van der Waals surface area contributed by atoms with Gasteiger partial charge >= 0.3 is 0 Å². The molecule has 2 rings (SSSR count). The Morgan fingerprint density at radius 1 is 1.40 bits per heavy atom. The molecule has 1 aromatic carbocycles. The van der Waals surface area contributed by atoms with E-state index < -0.39 is 0 Å². The third kappa shape index (κ3) is 2.75. The molecule has 1 unspecified atom stereocenters. The van der Waals surface area contributed by atoms with E-state index >= 15 is 0 Å². The quantitative estimate of drug-likeness (QED) is 0.624. The van der Waals surface area contributed by atoms with Crippen molar-refractivity contribution < 1.29 is 4.79 Å². The maximum Gasteiger partial charge on any atom is 0.136 e. The van der Waals surface area contributed by atoms with Crippen LogP contribution in [0.25, 0.3) is 0 Å². The van der Waals surface area contributed by atoms with Gasteiger partial charge in [-0.05, 0) is 65.3 Å². The Bertz CT molecular complexity index is 341. The second-order valence-electron chi connectivity index (χ2n) is 3.94. The lowest BCUT2D eigenvalue weighted by molar-refractivity contribution is -0.109. The minimum absolute atomic E-state index is 0.132. The molecule has 1 heterocycles. The van der Waals surface area contributed by atoms with Crippen molar-refractivity contribution in [2.45, 2.75) is 24.0 Å². The van der Waals surface area contributed by atoms with Crippen LogP contribution in [0.5, 0.6) is 0 Å². The third-order valence-corrected chi connectivity index (χ3v) is 5.00. The van der Waals surface area contributed by atoms with Gasteiger partial charge in [0.05, 0.1) is 4.75 Å². The zero-order chi connectivity index (χ0) is 10.7. The van der Waals surface area contributed by atoms with Crippen molar-refractivity contribution in [3.63, 3.8) is 0 Å². The SMILES string of the molecule is O=CC1(Cc2ccc(I)cc2)CCCS1. The third-order valence-electron chi connectivity index (χ3n) is 2.77. The number of hydrogen-bond acceptors (Lipinski definition) is 2. The summed E-state index contributed by atoms with van der Waals surface area (Å²) in [5.74, 6) is 1.13. The number of hydrogen-bond donors (Lipinski definition) is 0. The molecule has 1 aliphatic heterocycles. The van der Waals surface area contributed by atoms with Gasteiger partial charge in [0.15, 0.2) is 0 Å². The summed E-state index contributed by atoms with van der Waals surface area (Å²) < 4.78 is 1.11. The van der Waals surface area contributed by atoms with E-state index in [9.17, 15) is 4.79 Å². The van der Waals surface area contributed by atoms with Crippen LogP contribution in [0.15, 0.2) is 24.3 Å². The second-order valence-corrected chi connectivity index (χ2v) is 6.69. The molecule has 0 aromatic heterocycles. The summed E-state index contributed by atoms with van der Waals surface area (Å²) in [6.07, 6.45) is 4.25. The van der Waals surface area contributed by atoms with Crippen LogP contribution in [-0.2, 0) is 11.2 Å². The van der Waals surface area contributed by atoms with Crippen LogP contribution in [0.2, 0.25) is 0 Å². The van der Waals surface area contributed by atoms with Gasteiger partial charge < -0.3 is 4.79 Å². The first-order chi connectivity index (χ1) is 7.24. The van der Waals surface area contributed by atoms with Crippen LogP contribution in [0.1, 0.15) is 18.4 Å². The van der Waals surface area contributed by atoms with Gasteiger partial charge in [0, 0.05) is 3.57 Å². The molecule has 0 aliphatic carbocycles. The Morgan fingerprint density at radius 2 is 2.13 bits per heavy atom. The van der Waals surface area contributed by atoms with Gasteiger partial charge in [0.1, 0.15) is 6.29 Å². The monoisotopic (exact) mass is 332 g/mol. The van der Waals surface area contributed by atoms with Crippen LogP contribution < -0.4 is 0 Å². The van der Waals surface area contributed by atoms with E-state index in [2.05, 4.69) is 46.9 Å². The standard InChI is InChI=1S/C12H13IOS/c13-11-4-2-10(3-5-11)8-12(9-14)6-1-7-15-12/h2-5,9H,1,6-8H2. The van der Waals surface area contributed by atoms with Crippen molar-refractivity contribution in [2.75, 3.05) is 5.75 Å². The highest BCUT2D eigenvalue weighted by Crippen LogP contribution is 2.39. The molecule has 1 aromatic rings. The molecule has 0 spiro atoms. The lowest BCUT2D eigenvalue weighted by atomic mass is 9.96. The van der Waals surface area contributed by atoms with E-state index in [0.717, 1.165) is 24.9 Å². The minimum Gasteiger partial charge on any atom is -0.302 e. The Kier molecular flexibility index (Phi) is 3.72. The normalized spacial score (nSPS) is 25.4. The molecular weight excluding hydrogens is 319 g/mol. The fraction of sp³-hybridized carbons (Fsp3) is 0.417. The van der Waals surface area contributed by atoms with E-state index in [0.29, 0.717) is 0 Å². The number of carbonyl (C=O) groups is 1. The highest BCUT2D eigenvalue weighted by molar-refractivity contribution is 14.1. The van der Waals surface area contributed by atoms with Gasteiger partial charge in [0.2, 0.25) is 0 Å². The molecule has 15 heavy (non-hydrogen) atoms. The van der Waals surface area contributed by atoms with Crippen LogP contribution >= 0.6 is 34.4 Å². The van der Waals surface area contributed by atoms with E-state index in [-0.39, 0.29) is 4.75 Å². The smallest absolute Gasteiger partial charge is 0.136 e. The van der Waals surface area contributed by atoms with E-state index in [1.807, 2.05) is 11.8 Å². The van der Waals surface area contributed by atoms with Crippen LogP contribution in [0, 0.1) is 3.57 Å². The van der Waals surface area contributed by atoms with Gasteiger partial charge in [0.25, 0.3) is 0 Å². The zero-order valence-corrected chi connectivity index (χ0v) is 11.4. The molecule has 0 saturated carbocycles. The summed E-state index contributed by atoms with van der Waals surface area (Å²) in [6, 6.07) is 8.47. The van der Waals surface area contributed by atoms with Crippen LogP contribution in [0.3, 0.4) is 0 Å². The number of aldehydes is 1. The van der Waals surface area contributed by atoms with Gasteiger partial charge in [-0.25, -0.2) is 0 Å². The molecule has 80 valence electrons. The fourth-order valence-corrected chi connectivity index (χ4v) is 3.62. The number of thioether (sulfide) groups is 1. The largest absolute Gasteiger partial charge is 0.302 e. The summed E-state index contributed by atoms with van der Waals surface area (Å²) >= 11 is 4.12. The number of halogens is 1. The summed E-state index contributed by atoms with van der Waals surface area (Å²) in [5, 5.41) is 0. The Labute approximate surface area is 108 Å². The van der Waals surface area contributed by atoms with Crippen LogP contribution in [0.4, 0.5) is 0 Å². The molecule has 3 heteroatoms. The first-order valence-corrected chi connectivity index (χ1v) is 7.15. The Hall–Kier alpha value is -0.0300. The van der Waals surface area contributed by atoms with Gasteiger partial charge in [-0.15, -0.1) is 11.8 Å². The predicted molar refractivity (Wildman–Crippen MR) is 73.4 cm³/mol. The van der Waals surface area contributed by atoms with E-state index in [1.165, 1.54) is 15.6 Å². The maximum atomic E-state index is 11.2. The number of carbonyl (C=O) groups excluding carboxylic acids is 1. The van der Waals surface area contributed by atoms with Crippen molar-refractivity contribution in [1.29, 1.82) is 0 Å². The summed E-state index contributed by atoms with van der Waals surface area (Å²) in [4.78, 5) is 11.2. The molecule has 0 radical (unpaired) electrons. The summed E-state index contributed by atoms with van der Waals surface area (Å²) in [5.41, 5.74) is 1.27. The van der Waals surface area contributed by atoms with Crippen molar-refractivity contribution in [3.05, 3.63) is 33.4 Å². The average Bonchev–Trinajstić information content (AvgIpc) is 2.71. The zero-order valence-electron chi connectivity index (χ0n) is 8.41. The lowest BCUT2D eigenvalue weighted by Crippen LogP contribution is -2.26. The number of benzene rings is 1. The Morgan fingerprint density at radius 3 is 2.67 bits per heavy atom. The molecule has 0 amide bonds. The average molecular weight is 332 g/mol. The highest BCUT2D eigenvalue weighted by Gasteiger charge is 2.34. The molecular formula is C12H13IOS. The van der Waals surface area contributed by atoms with E-state index in [4.69, 9.17) is 0 Å². The van der Waals surface area contributed by atoms with Gasteiger partial charge in [-0.2, -0.15) is 0 Å². The van der Waals surface area contributed by atoms with Gasteiger partial charge in [-0.3, -0.25) is 0 Å². The molecule has 1 nitrogen and oxygen atoms in total. The van der Waals surface area contributed by atoms with Gasteiger partial charge in [-0.1, -0.05) is 12.1 Å². The lowest BCUT2D eigenvalue weighted by Gasteiger charge is -2.20. The number of rotatable bonds is 3. The molecule has 1 aliphatic rings. The Balaban J connectivity index is 2.12. The molecule has 0 N–H and O–H groups in total. The molecule has 0 bridgehead atoms. The first kappa shape index (κ1) is 11.5. The second kappa shape index (κ2) is 4.87. The van der Waals surface area contributed by atoms with Crippen LogP contribution in [-0.4, -0.2) is 16.8 Å². The highest BCUT2D eigenvalue weighted by atomic mass is 127. The predicted octanol–water partition coefficient (Wildman–Crippen LogP) is 3.30. The van der Waals surface area contributed by atoms with Crippen molar-refractivity contribution in [1.82, 2.24) is 0 Å². The summed E-state index contributed by atoms with van der Waals surface area (Å²) in [7, 11) is 0. The van der Waals surface area contributed by atoms with Crippen molar-refractivity contribution in [2.24, 2.45) is 0 Å².